The van der Waals surface area contributed by atoms with Crippen LogP contribution in [0.5, 0.6) is 5.75 Å². The number of amides is 1. The van der Waals surface area contributed by atoms with Crippen molar-refractivity contribution in [1.29, 1.82) is 0 Å². The second kappa shape index (κ2) is 12.3. The quantitative estimate of drug-likeness (QED) is 0.352. The molecule has 0 spiro atoms. The monoisotopic (exact) mass is 576 g/mol. The van der Waals surface area contributed by atoms with Crippen LogP contribution >= 0.6 is 0 Å². The predicted octanol–water partition coefficient (Wildman–Crippen LogP) is 5.01. The molecule has 1 heterocycles. The van der Waals surface area contributed by atoms with Gasteiger partial charge in [-0.2, -0.15) is 13.2 Å². The van der Waals surface area contributed by atoms with Gasteiger partial charge in [0.1, 0.15) is 11.9 Å². The first-order valence-corrected chi connectivity index (χ1v) is 14.6. The van der Waals surface area contributed by atoms with E-state index in [4.69, 9.17) is 4.74 Å². The number of nitrogens with one attached hydrogen (secondary N) is 1. The topological polar surface area (TPSA) is 95.9 Å². The summed E-state index contributed by atoms with van der Waals surface area (Å²) in [4.78, 5) is 15.2. The number of halogens is 3. The van der Waals surface area contributed by atoms with Gasteiger partial charge in [-0.25, -0.2) is 8.42 Å². The lowest BCUT2D eigenvalue weighted by atomic mass is 10.0. The molecule has 3 aromatic carbocycles. The number of ether oxygens (including phenoxy) is 1. The zero-order chi connectivity index (χ0) is 28.9. The van der Waals surface area contributed by atoms with Crippen LogP contribution in [0.15, 0.2) is 77.7 Å². The molecule has 2 atom stereocenters. The van der Waals surface area contributed by atoms with Crippen molar-refractivity contribution in [2.24, 2.45) is 0 Å². The second-order valence-corrected chi connectivity index (χ2v) is 11.8. The van der Waals surface area contributed by atoms with Crippen molar-refractivity contribution in [1.82, 2.24) is 5.32 Å². The Hall–Kier alpha value is -3.57. The average Bonchev–Trinajstić information content (AvgIpc) is 3.41. The van der Waals surface area contributed by atoms with Crippen molar-refractivity contribution >= 4 is 21.4 Å². The Labute approximate surface area is 231 Å². The first-order chi connectivity index (χ1) is 19.0. The van der Waals surface area contributed by atoms with E-state index in [2.05, 4.69) is 10.2 Å². The number of rotatable bonds is 10. The van der Waals surface area contributed by atoms with Gasteiger partial charge in [0.15, 0.2) is 9.84 Å². The van der Waals surface area contributed by atoms with Gasteiger partial charge in [-0.3, -0.25) is 4.79 Å². The number of benzene rings is 3. The number of nitrogens with zero attached hydrogens (tertiary/aromatic N) is 1. The number of aliphatic hydroxyl groups is 1. The molecule has 2 N–H and O–H groups in total. The first kappa shape index (κ1) is 29.4. The largest absolute Gasteiger partial charge is 0.489 e. The van der Waals surface area contributed by atoms with Crippen LogP contribution in [-0.2, 0) is 16.0 Å². The van der Waals surface area contributed by atoms with Crippen molar-refractivity contribution in [2.75, 3.05) is 30.3 Å². The van der Waals surface area contributed by atoms with Gasteiger partial charge in [-0.05, 0) is 72.6 Å². The van der Waals surface area contributed by atoms with E-state index < -0.39 is 27.6 Å². The molecule has 1 amide bonds. The minimum absolute atomic E-state index is 0.0105. The molecule has 1 aliphatic heterocycles. The van der Waals surface area contributed by atoms with Gasteiger partial charge in [0.2, 0.25) is 0 Å². The van der Waals surface area contributed by atoms with E-state index >= 15 is 0 Å². The average molecular weight is 577 g/mol. The van der Waals surface area contributed by atoms with Gasteiger partial charge in [0.05, 0.1) is 28.8 Å². The fourth-order valence-electron chi connectivity index (χ4n) is 4.56. The fourth-order valence-corrected chi connectivity index (χ4v) is 5.45. The van der Waals surface area contributed by atoms with Crippen molar-refractivity contribution in [3.63, 3.8) is 0 Å². The highest BCUT2D eigenvalue weighted by Gasteiger charge is 2.30. The van der Waals surface area contributed by atoms with Crippen LogP contribution in [0.3, 0.4) is 0 Å². The van der Waals surface area contributed by atoms with Gasteiger partial charge >= 0.3 is 6.18 Å². The Morgan fingerprint density at radius 1 is 1.05 bits per heavy atom. The summed E-state index contributed by atoms with van der Waals surface area (Å²) in [7, 11) is -3.34. The van der Waals surface area contributed by atoms with Crippen LogP contribution in [0.4, 0.5) is 18.9 Å². The van der Waals surface area contributed by atoms with Crippen LogP contribution < -0.4 is 15.0 Å². The normalized spacial score (nSPS) is 16.5. The number of aliphatic hydroxyl groups excluding tert-OH is 1. The van der Waals surface area contributed by atoms with E-state index in [1.807, 2.05) is 12.1 Å². The summed E-state index contributed by atoms with van der Waals surface area (Å²) in [5, 5.41) is 12.4. The Morgan fingerprint density at radius 2 is 1.70 bits per heavy atom. The molecule has 4 rings (SSSR count). The van der Waals surface area contributed by atoms with E-state index in [9.17, 15) is 31.5 Å². The van der Waals surface area contributed by atoms with Gasteiger partial charge in [-0.1, -0.05) is 19.1 Å². The number of carbonyl (C=O) groups excluding carboxylic acids is 1. The van der Waals surface area contributed by atoms with E-state index in [1.165, 1.54) is 24.3 Å². The molecule has 3 aromatic rings. The van der Waals surface area contributed by atoms with E-state index in [-0.39, 0.29) is 35.7 Å². The zero-order valence-corrected chi connectivity index (χ0v) is 22.7. The van der Waals surface area contributed by atoms with Crippen molar-refractivity contribution < 1.29 is 36.2 Å². The third-order valence-electron chi connectivity index (χ3n) is 6.87. The summed E-state index contributed by atoms with van der Waals surface area (Å²) >= 11 is 0. The number of hydrogen-bond acceptors (Lipinski definition) is 6. The molecule has 7 nitrogen and oxygen atoms in total. The lowest BCUT2D eigenvalue weighted by Gasteiger charge is -2.21. The Morgan fingerprint density at radius 3 is 2.27 bits per heavy atom. The van der Waals surface area contributed by atoms with Crippen LogP contribution in [0.25, 0.3) is 0 Å². The maximum absolute atomic E-state index is 13.0. The van der Waals surface area contributed by atoms with Crippen molar-refractivity contribution in [2.45, 2.75) is 43.0 Å². The van der Waals surface area contributed by atoms with Gasteiger partial charge in [0.25, 0.3) is 5.91 Å². The molecule has 40 heavy (non-hydrogen) atoms. The van der Waals surface area contributed by atoms with Crippen molar-refractivity contribution in [3.05, 3.63) is 89.5 Å². The van der Waals surface area contributed by atoms with Gasteiger partial charge < -0.3 is 20.1 Å². The summed E-state index contributed by atoms with van der Waals surface area (Å²) < 4.78 is 68.4. The van der Waals surface area contributed by atoms with Crippen molar-refractivity contribution in [3.8, 4) is 5.75 Å². The van der Waals surface area contributed by atoms with E-state index in [0.29, 0.717) is 36.4 Å². The fraction of sp³-hybridized carbons (Fsp3) is 0.345. The molecular weight excluding hydrogens is 545 g/mol. The highest BCUT2D eigenvalue weighted by Crippen LogP contribution is 2.31. The lowest BCUT2D eigenvalue weighted by Crippen LogP contribution is -2.29. The predicted molar refractivity (Wildman–Crippen MR) is 145 cm³/mol. The molecule has 1 aliphatic rings. The highest BCUT2D eigenvalue weighted by molar-refractivity contribution is 7.91. The van der Waals surface area contributed by atoms with E-state index in [1.54, 1.807) is 31.2 Å². The zero-order valence-electron chi connectivity index (χ0n) is 21.9. The summed E-state index contributed by atoms with van der Waals surface area (Å²) in [6.07, 6.45) is -3.61. The SMILES string of the molecule is CCS(=O)(=O)c1ccc([C@H](CCO)NC(=O)c2ccc(N3CC[C@H](Oc4ccc(C(F)(F)F)cc4)C3)cc2)cc1. The van der Waals surface area contributed by atoms with Gasteiger partial charge in [-0.15, -0.1) is 0 Å². The molecular formula is C29H31F3N2O5S. The van der Waals surface area contributed by atoms with Crippen LogP contribution in [0.2, 0.25) is 0 Å². The Kier molecular flexibility index (Phi) is 9.05. The number of alkyl halides is 3. The maximum Gasteiger partial charge on any atom is 0.416 e. The van der Waals surface area contributed by atoms with Crippen LogP contribution in [0.1, 0.15) is 47.3 Å². The summed E-state index contributed by atoms with van der Waals surface area (Å²) in [6, 6.07) is 17.5. The van der Waals surface area contributed by atoms with E-state index in [0.717, 1.165) is 17.8 Å². The summed E-state index contributed by atoms with van der Waals surface area (Å²) in [5.74, 6) is 0.0368. The number of carbonyl (C=O) groups is 1. The molecule has 1 fully saturated rings. The third-order valence-corrected chi connectivity index (χ3v) is 8.62. The van der Waals surface area contributed by atoms with Crippen LogP contribution in [0, 0.1) is 0 Å². The Balaban J connectivity index is 1.35. The second-order valence-electron chi connectivity index (χ2n) is 9.55. The number of anilines is 1. The molecule has 11 heteroatoms. The molecule has 1 saturated heterocycles. The number of sulfone groups is 1. The highest BCUT2D eigenvalue weighted by atomic mass is 32.2. The molecule has 0 aliphatic carbocycles. The molecule has 0 unspecified atom stereocenters. The van der Waals surface area contributed by atoms with Gasteiger partial charge in [0, 0.05) is 30.8 Å². The number of hydrogen-bond donors (Lipinski definition) is 2. The third kappa shape index (κ3) is 7.14. The summed E-state index contributed by atoms with van der Waals surface area (Å²) in [5.41, 5.74) is 1.27. The Bertz CT molecular complexity index is 1390. The lowest BCUT2D eigenvalue weighted by molar-refractivity contribution is -0.137. The standard InChI is InChI=1S/C29H31F3N2O5S/c1-2-40(37,38)26-13-5-20(6-14-26)27(16-18-35)33-28(36)21-3-9-23(10-4-21)34-17-15-25(19-34)39-24-11-7-22(8-12-24)29(30,31)32/h3-14,25,27,35H,2,15-19H2,1H3,(H,33,36)/t25-,27-/m0/s1. The molecule has 0 aromatic heterocycles. The first-order valence-electron chi connectivity index (χ1n) is 12.9. The van der Waals surface area contributed by atoms with Crippen LogP contribution in [-0.4, -0.2) is 51.0 Å². The molecule has 0 radical (unpaired) electrons. The minimum atomic E-state index is -4.39. The molecule has 0 bridgehead atoms. The molecule has 0 saturated carbocycles. The minimum Gasteiger partial charge on any atom is -0.489 e. The maximum atomic E-state index is 13.0. The smallest absolute Gasteiger partial charge is 0.416 e. The summed E-state index contributed by atoms with van der Waals surface area (Å²) in [6.45, 7) is 2.65. The molecule has 214 valence electrons.